The van der Waals surface area contributed by atoms with Crippen molar-refractivity contribution in [1.82, 2.24) is 20.1 Å². The number of aromatic nitrogens is 1. The van der Waals surface area contributed by atoms with Crippen molar-refractivity contribution in [2.24, 2.45) is 0 Å². The van der Waals surface area contributed by atoms with Gasteiger partial charge in [-0.25, -0.2) is 4.98 Å². The summed E-state index contributed by atoms with van der Waals surface area (Å²) in [4.78, 5) is 34.0. The molecule has 2 amide bonds. The van der Waals surface area contributed by atoms with Crippen molar-refractivity contribution in [2.45, 2.75) is 12.6 Å². The van der Waals surface area contributed by atoms with Gasteiger partial charge in [0.25, 0.3) is 5.91 Å². The summed E-state index contributed by atoms with van der Waals surface area (Å²) in [6.45, 7) is 2.40. The number of thiazole rings is 1. The van der Waals surface area contributed by atoms with E-state index in [0.29, 0.717) is 31.7 Å². The summed E-state index contributed by atoms with van der Waals surface area (Å²) in [5, 5.41) is 3.73. The van der Waals surface area contributed by atoms with E-state index >= 15 is 0 Å². The van der Waals surface area contributed by atoms with E-state index in [9.17, 15) is 9.59 Å². The number of rotatable bonds is 4. The fourth-order valence-electron chi connectivity index (χ4n) is 3.54. The molecule has 0 saturated carbocycles. The monoisotopic (exact) mass is 394 g/mol. The van der Waals surface area contributed by atoms with Gasteiger partial charge in [-0.3, -0.25) is 14.5 Å². The molecule has 7 heteroatoms. The van der Waals surface area contributed by atoms with Crippen LogP contribution in [-0.2, 0) is 11.3 Å². The third-order valence-corrected chi connectivity index (χ3v) is 6.01. The number of likely N-dealkylation sites (N-methyl/N-ethyl adjacent to an activating group) is 1. The van der Waals surface area contributed by atoms with Gasteiger partial charge in [-0.05, 0) is 24.3 Å². The quantitative estimate of drug-likeness (QED) is 0.738. The molecule has 144 valence electrons. The first-order valence-electron chi connectivity index (χ1n) is 9.30. The number of amides is 2. The molecule has 2 aromatic carbocycles. The number of nitrogens with one attached hydrogen (secondary N) is 1. The van der Waals surface area contributed by atoms with Gasteiger partial charge in [-0.2, -0.15) is 0 Å². The molecule has 6 nitrogen and oxygen atoms in total. The molecule has 3 aromatic rings. The Morgan fingerprint density at radius 2 is 1.86 bits per heavy atom. The Morgan fingerprint density at radius 1 is 1.11 bits per heavy atom. The van der Waals surface area contributed by atoms with Gasteiger partial charge in [0.15, 0.2) is 0 Å². The highest BCUT2D eigenvalue weighted by molar-refractivity contribution is 7.18. The Hall–Kier alpha value is -2.77. The molecule has 28 heavy (non-hydrogen) atoms. The van der Waals surface area contributed by atoms with Crippen LogP contribution >= 0.6 is 11.3 Å². The van der Waals surface area contributed by atoms with Crippen molar-refractivity contribution in [3.63, 3.8) is 0 Å². The molecular weight excluding hydrogens is 372 g/mol. The first kappa shape index (κ1) is 18.6. The summed E-state index contributed by atoms with van der Waals surface area (Å²) in [6.07, 6.45) is 0. The van der Waals surface area contributed by atoms with Crippen LogP contribution in [0.1, 0.15) is 15.4 Å². The largest absolute Gasteiger partial charge is 0.357 e. The standard InChI is InChI=1S/C21H22N4O2S/c1-22-20(26)17-13-24(14-19-23-16-9-5-6-10-18(16)28-19)11-12-25(17)21(27)15-7-3-2-4-8-15/h2-10,17H,11-14H2,1H3,(H,22,26). The van der Waals surface area contributed by atoms with Crippen molar-refractivity contribution in [1.29, 1.82) is 0 Å². The number of para-hydroxylation sites is 1. The number of carbonyl (C=O) groups is 2. The number of piperazine rings is 1. The molecule has 1 fully saturated rings. The van der Waals surface area contributed by atoms with Gasteiger partial charge in [-0.1, -0.05) is 30.3 Å². The van der Waals surface area contributed by atoms with Crippen LogP contribution in [0.25, 0.3) is 10.2 Å². The molecule has 1 atom stereocenters. The van der Waals surface area contributed by atoms with Gasteiger partial charge in [0.05, 0.1) is 16.8 Å². The maximum Gasteiger partial charge on any atom is 0.254 e. The lowest BCUT2D eigenvalue weighted by atomic mass is 10.1. The minimum atomic E-state index is -0.513. The third kappa shape index (κ3) is 3.76. The van der Waals surface area contributed by atoms with Gasteiger partial charge in [-0.15, -0.1) is 11.3 Å². The lowest BCUT2D eigenvalue weighted by molar-refractivity contribution is -0.127. The Bertz CT molecular complexity index is 955. The molecule has 1 N–H and O–H groups in total. The van der Waals surface area contributed by atoms with E-state index < -0.39 is 6.04 Å². The Morgan fingerprint density at radius 3 is 2.61 bits per heavy atom. The molecular formula is C21H22N4O2S. The van der Waals surface area contributed by atoms with Gasteiger partial charge in [0, 0.05) is 32.2 Å². The molecule has 1 aliphatic rings. The molecule has 0 spiro atoms. The van der Waals surface area contributed by atoms with Crippen molar-refractivity contribution >= 4 is 33.4 Å². The summed E-state index contributed by atoms with van der Waals surface area (Å²) in [6, 6.07) is 16.7. The van der Waals surface area contributed by atoms with Crippen molar-refractivity contribution in [3.05, 3.63) is 65.2 Å². The molecule has 1 saturated heterocycles. The predicted molar refractivity (Wildman–Crippen MR) is 110 cm³/mol. The van der Waals surface area contributed by atoms with Crippen molar-refractivity contribution in [3.8, 4) is 0 Å². The molecule has 1 unspecified atom stereocenters. The topological polar surface area (TPSA) is 65.5 Å². The SMILES string of the molecule is CNC(=O)C1CN(Cc2nc3ccccc3s2)CCN1C(=O)c1ccccc1. The molecule has 1 aromatic heterocycles. The van der Waals surface area contributed by atoms with Crippen LogP contribution in [-0.4, -0.2) is 59.3 Å². The highest BCUT2D eigenvalue weighted by Gasteiger charge is 2.35. The van der Waals surface area contributed by atoms with Crippen LogP contribution in [0.2, 0.25) is 0 Å². The number of hydrogen-bond acceptors (Lipinski definition) is 5. The Balaban J connectivity index is 1.51. The van der Waals surface area contributed by atoms with Crippen molar-refractivity contribution in [2.75, 3.05) is 26.7 Å². The lowest BCUT2D eigenvalue weighted by Gasteiger charge is -2.40. The van der Waals surface area contributed by atoms with Gasteiger partial charge in [0.2, 0.25) is 5.91 Å². The van der Waals surface area contributed by atoms with Gasteiger partial charge < -0.3 is 10.2 Å². The zero-order chi connectivity index (χ0) is 19.5. The summed E-state index contributed by atoms with van der Waals surface area (Å²) < 4.78 is 1.17. The summed E-state index contributed by atoms with van der Waals surface area (Å²) >= 11 is 1.68. The van der Waals surface area contributed by atoms with Crippen LogP contribution in [0.4, 0.5) is 0 Å². The maximum atomic E-state index is 12.9. The highest BCUT2D eigenvalue weighted by Crippen LogP contribution is 2.24. The average molecular weight is 395 g/mol. The number of nitrogens with zero attached hydrogens (tertiary/aromatic N) is 3. The van der Waals surface area contributed by atoms with Crippen LogP contribution in [0.5, 0.6) is 0 Å². The fraction of sp³-hybridized carbons (Fsp3) is 0.286. The third-order valence-electron chi connectivity index (χ3n) is 4.99. The minimum Gasteiger partial charge on any atom is -0.357 e. The van der Waals surface area contributed by atoms with E-state index in [1.165, 1.54) is 4.70 Å². The summed E-state index contributed by atoms with van der Waals surface area (Å²) in [7, 11) is 1.61. The fourth-order valence-corrected chi connectivity index (χ4v) is 4.55. The van der Waals surface area contributed by atoms with E-state index in [1.807, 2.05) is 36.4 Å². The van der Waals surface area contributed by atoms with E-state index in [4.69, 9.17) is 4.98 Å². The van der Waals surface area contributed by atoms with Gasteiger partial charge >= 0.3 is 0 Å². The van der Waals surface area contributed by atoms with E-state index in [1.54, 1.807) is 35.4 Å². The van der Waals surface area contributed by atoms with E-state index in [0.717, 1.165) is 10.5 Å². The second-order valence-electron chi connectivity index (χ2n) is 6.81. The molecule has 4 rings (SSSR count). The first-order valence-corrected chi connectivity index (χ1v) is 10.1. The number of hydrogen-bond donors (Lipinski definition) is 1. The van der Waals surface area contributed by atoms with Crippen molar-refractivity contribution < 1.29 is 9.59 Å². The maximum absolute atomic E-state index is 12.9. The van der Waals surface area contributed by atoms with Crippen LogP contribution in [0.15, 0.2) is 54.6 Å². The van der Waals surface area contributed by atoms with E-state index in [-0.39, 0.29) is 11.8 Å². The molecule has 2 heterocycles. The minimum absolute atomic E-state index is 0.103. The normalized spacial score (nSPS) is 17.6. The second-order valence-corrected chi connectivity index (χ2v) is 7.92. The van der Waals surface area contributed by atoms with Crippen LogP contribution < -0.4 is 5.32 Å². The zero-order valence-corrected chi connectivity index (χ0v) is 16.5. The number of fused-ring (bicyclic) bond motifs is 1. The van der Waals surface area contributed by atoms with Crippen LogP contribution in [0, 0.1) is 0 Å². The smallest absolute Gasteiger partial charge is 0.254 e. The Kier molecular flexibility index (Phi) is 5.36. The highest BCUT2D eigenvalue weighted by atomic mass is 32.1. The van der Waals surface area contributed by atoms with Gasteiger partial charge in [0.1, 0.15) is 11.0 Å². The zero-order valence-electron chi connectivity index (χ0n) is 15.7. The molecule has 0 bridgehead atoms. The second kappa shape index (κ2) is 8.08. The lowest BCUT2D eigenvalue weighted by Crippen LogP contribution is -2.60. The summed E-state index contributed by atoms with van der Waals surface area (Å²) in [5.74, 6) is -0.243. The van der Waals surface area contributed by atoms with E-state index in [2.05, 4.69) is 16.3 Å². The Labute approximate surface area is 167 Å². The molecule has 1 aliphatic heterocycles. The number of benzene rings is 2. The van der Waals surface area contributed by atoms with Crippen LogP contribution in [0.3, 0.4) is 0 Å². The predicted octanol–water partition coefficient (Wildman–Crippen LogP) is 2.37. The number of carbonyl (C=O) groups excluding carboxylic acids is 2. The molecule has 0 radical (unpaired) electrons. The molecule has 0 aliphatic carbocycles. The summed E-state index contributed by atoms with van der Waals surface area (Å²) in [5.41, 5.74) is 1.61. The average Bonchev–Trinajstić information content (AvgIpc) is 3.15. The first-order chi connectivity index (χ1) is 13.7.